The molecule has 2 aromatic rings. The Morgan fingerprint density at radius 2 is 2.21 bits per heavy atom. The number of nitrogens with one attached hydrogen (secondary N) is 1. The molecule has 0 spiro atoms. The molecule has 0 radical (unpaired) electrons. The van der Waals surface area contributed by atoms with E-state index >= 15 is 0 Å². The minimum atomic E-state index is -0.400. The zero-order valence-electron chi connectivity index (χ0n) is 10.5. The molecule has 2 rings (SSSR count). The van der Waals surface area contributed by atoms with Crippen molar-refractivity contribution >= 4 is 22.1 Å². The molecule has 0 aliphatic rings. The van der Waals surface area contributed by atoms with E-state index in [1.165, 1.54) is 12.3 Å². The second-order valence-electron chi connectivity index (χ2n) is 4.37. The highest BCUT2D eigenvalue weighted by Gasteiger charge is 2.14. The zero-order chi connectivity index (χ0) is 13.8. The average Bonchev–Trinajstić information content (AvgIpc) is 2.39. The van der Waals surface area contributed by atoms with Crippen LogP contribution in [0.5, 0.6) is 0 Å². The lowest BCUT2D eigenvalue weighted by molar-refractivity contribution is -0.383. The van der Waals surface area contributed by atoms with Gasteiger partial charge in [0.25, 0.3) is 5.69 Å². The van der Waals surface area contributed by atoms with Gasteiger partial charge in [-0.2, -0.15) is 0 Å². The molecule has 6 nitrogen and oxygen atoms in total. The van der Waals surface area contributed by atoms with Crippen LogP contribution < -0.4 is 5.32 Å². The summed E-state index contributed by atoms with van der Waals surface area (Å²) in [6.07, 6.45) is 3.76. The van der Waals surface area contributed by atoms with Crippen LogP contribution in [-0.2, 0) is 0 Å². The fraction of sp³-hybridized carbons (Fsp3) is 0.308. The number of hydrogen-bond acceptors (Lipinski definition) is 5. The summed E-state index contributed by atoms with van der Waals surface area (Å²) in [7, 11) is 0. The largest absolute Gasteiger partial charge is 0.396 e. The Hall–Kier alpha value is -2.21. The maximum Gasteiger partial charge on any atom is 0.277 e. The van der Waals surface area contributed by atoms with Crippen molar-refractivity contribution in [2.45, 2.75) is 19.4 Å². The third-order valence-electron chi connectivity index (χ3n) is 2.96. The lowest BCUT2D eigenvalue weighted by Gasteiger charge is -2.15. The minimum Gasteiger partial charge on any atom is -0.396 e. The van der Waals surface area contributed by atoms with Crippen LogP contribution in [0.4, 0.5) is 11.4 Å². The van der Waals surface area contributed by atoms with Crippen LogP contribution in [0, 0.1) is 10.1 Å². The van der Waals surface area contributed by atoms with Gasteiger partial charge in [0, 0.05) is 42.2 Å². The summed E-state index contributed by atoms with van der Waals surface area (Å²) < 4.78 is 0. The van der Waals surface area contributed by atoms with Crippen LogP contribution in [0.3, 0.4) is 0 Å². The van der Waals surface area contributed by atoms with Gasteiger partial charge in [-0.3, -0.25) is 15.1 Å². The number of nitro benzene ring substituents is 1. The fourth-order valence-electron chi connectivity index (χ4n) is 1.99. The summed E-state index contributed by atoms with van der Waals surface area (Å²) in [5.41, 5.74) is 0.854. The SMILES string of the molecule is CC(CCO)Nc1ccc([N+](=O)[O-])c2ccncc12. The summed E-state index contributed by atoms with van der Waals surface area (Å²) in [6, 6.07) is 4.87. The third kappa shape index (κ3) is 2.79. The Bertz CT molecular complexity index is 601. The van der Waals surface area contributed by atoms with E-state index in [0.29, 0.717) is 17.2 Å². The van der Waals surface area contributed by atoms with E-state index in [-0.39, 0.29) is 18.3 Å². The summed E-state index contributed by atoms with van der Waals surface area (Å²) in [6.45, 7) is 2.04. The van der Waals surface area contributed by atoms with Crippen molar-refractivity contribution in [3.05, 3.63) is 40.7 Å². The summed E-state index contributed by atoms with van der Waals surface area (Å²) >= 11 is 0. The monoisotopic (exact) mass is 261 g/mol. The van der Waals surface area contributed by atoms with Gasteiger partial charge >= 0.3 is 0 Å². The number of nitrogens with zero attached hydrogens (tertiary/aromatic N) is 2. The third-order valence-corrected chi connectivity index (χ3v) is 2.96. The molecule has 0 bridgehead atoms. The number of fused-ring (bicyclic) bond motifs is 1. The molecule has 6 heteroatoms. The molecule has 1 aromatic heterocycles. The van der Waals surface area contributed by atoms with E-state index in [4.69, 9.17) is 5.11 Å². The van der Waals surface area contributed by atoms with Crippen molar-refractivity contribution in [1.82, 2.24) is 4.98 Å². The molecule has 100 valence electrons. The van der Waals surface area contributed by atoms with E-state index in [2.05, 4.69) is 10.3 Å². The summed E-state index contributed by atoms with van der Waals surface area (Å²) in [5, 5.41) is 24.4. The van der Waals surface area contributed by atoms with Crippen molar-refractivity contribution in [2.24, 2.45) is 0 Å². The van der Waals surface area contributed by atoms with Gasteiger partial charge in [0.2, 0.25) is 0 Å². The number of non-ortho nitro benzene ring substituents is 1. The number of aromatic nitrogens is 1. The molecule has 0 aliphatic heterocycles. The van der Waals surface area contributed by atoms with E-state index in [0.717, 1.165) is 5.69 Å². The van der Waals surface area contributed by atoms with Gasteiger partial charge in [-0.15, -0.1) is 0 Å². The molecule has 0 saturated carbocycles. The fourth-order valence-corrected chi connectivity index (χ4v) is 1.99. The highest BCUT2D eigenvalue weighted by atomic mass is 16.6. The standard InChI is InChI=1S/C13H15N3O3/c1-9(5-7-17)15-12-2-3-13(16(18)19)10-4-6-14-8-11(10)12/h2-4,6,8-9,15,17H,5,7H2,1H3. The average molecular weight is 261 g/mol. The van der Waals surface area contributed by atoms with Crippen molar-refractivity contribution in [3.8, 4) is 0 Å². The minimum absolute atomic E-state index is 0.0674. The molecule has 1 aromatic carbocycles. The first kappa shape index (κ1) is 13.2. The second kappa shape index (κ2) is 5.62. The maximum atomic E-state index is 11.0. The van der Waals surface area contributed by atoms with Crippen molar-refractivity contribution in [2.75, 3.05) is 11.9 Å². The summed E-state index contributed by atoms with van der Waals surface area (Å²) in [4.78, 5) is 14.6. The predicted molar refractivity (Wildman–Crippen MR) is 73.2 cm³/mol. The van der Waals surface area contributed by atoms with Gasteiger partial charge in [0.15, 0.2) is 0 Å². The lowest BCUT2D eigenvalue weighted by Crippen LogP contribution is -2.16. The number of aliphatic hydroxyl groups excluding tert-OH is 1. The molecule has 0 saturated heterocycles. The molecule has 0 aliphatic carbocycles. The molecule has 1 heterocycles. The molecule has 2 N–H and O–H groups in total. The Labute approximate surface area is 110 Å². The predicted octanol–water partition coefficient (Wildman–Crippen LogP) is 2.33. The molecule has 0 fully saturated rings. The van der Waals surface area contributed by atoms with Gasteiger partial charge < -0.3 is 10.4 Å². The normalized spacial score (nSPS) is 12.3. The first-order valence-corrected chi connectivity index (χ1v) is 6.02. The Morgan fingerprint density at radius 3 is 2.89 bits per heavy atom. The lowest BCUT2D eigenvalue weighted by atomic mass is 10.1. The first-order valence-electron chi connectivity index (χ1n) is 6.02. The number of benzene rings is 1. The van der Waals surface area contributed by atoms with Gasteiger partial charge in [0.05, 0.1) is 10.3 Å². The number of hydrogen-bond donors (Lipinski definition) is 2. The van der Waals surface area contributed by atoms with Gasteiger partial charge in [-0.1, -0.05) is 0 Å². The second-order valence-corrected chi connectivity index (χ2v) is 4.37. The van der Waals surface area contributed by atoms with Gasteiger partial charge in [-0.25, -0.2) is 0 Å². The molecule has 19 heavy (non-hydrogen) atoms. The van der Waals surface area contributed by atoms with Crippen LogP contribution in [0.1, 0.15) is 13.3 Å². The van der Waals surface area contributed by atoms with Gasteiger partial charge in [0.1, 0.15) is 0 Å². The zero-order valence-corrected chi connectivity index (χ0v) is 10.5. The highest BCUT2D eigenvalue weighted by Crippen LogP contribution is 2.31. The summed E-state index contributed by atoms with van der Waals surface area (Å²) in [5.74, 6) is 0. The quantitative estimate of drug-likeness (QED) is 0.637. The van der Waals surface area contributed by atoms with Crippen molar-refractivity contribution in [3.63, 3.8) is 0 Å². The Kier molecular flexibility index (Phi) is 3.91. The van der Waals surface area contributed by atoms with Crippen LogP contribution in [0.25, 0.3) is 10.8 Å². The molecule has 0 amide bonds. The smallest absolute Gasteiger partial charge is 0.277 e. The van der Waals surface area contributed by atoms with E-state index < -0.39 is 4.92 Å². The van der Waals surface area contributed by atoms with Crippen LogP contribution in [-0.4, -0.2) is 27.7 Å². The van der Waals surface area contributed by atoms with Crippen LogP contribution in [0.2, 0.25) is 0 Å². The van der Waals surface area contributed by atoms with Crippen LogP contribution in [0.15, 0.2) is 30.6 Å². The number of aliphatic hydroxyl groups is 1. The number of rotatable bonds is 5. The molecular weight excluding hydrogens is 246 g/mol. The van der Waals surface area contributed by atoms with E-state index in [9.17, 15) is 10.1 Å². The van der Waals surface area contributed by atoms with E-state index in [1.54, 1.807) is 18.3 Å². The van der Waals surface area contributed by atoms with E-state index in [1.807, 2.05) is 6.92 Å². The maximum absolute atomic E-state index is 11.0. The highest BCUT2D eigenvalue weighted by molar-refractivity contribution is 5.99. The Balaban J connectivity index is 2.46. The van der Waals surface area contributed by atoms with Crippen molar-refractivity contribution in [1.29, 1.82) is 0 Å². The number of pyridine rings is 1. The number of anilines is 1. The van der Waals surface area contributed by atoms with Crippen LogP contribution >= 0.6 is 0 Å². The van der Waals surface area contributed by atoms with Gasteiger partial charge in [-0.05, 0) is 25.5 Å². The molecular formula is C13H15N3O3. The topological polar surface area (TPSA) is 88.3 Å². The number of nitro groups is 1. The first-order chi connectivity index (χ1) is 9.13. The molecule has 1 unspecified atom stereocenters. The Morgan fingerprint density at radius 1 is 1.42 bits per heavy atom. The molecule has 1 atom stereocenters. The van der Waals surface area contributed by atoms with Crippen molar-refractivity contribution < 1.29 is 10.0 Å².